The molecule has 1 heterocycles. The van der Waals surface area contributed by atoms with Gasteiger partial charge in [-0.25, -0.2) is 0 Å². The van der Waals surface area contributed by atoms with E-state index in [-0.39, 0.29) is 5.91 Å². The third kappa shape index (κ3) is 6.61. The van der Waals surface area contributed by atoms with E-state index in [1.807, 2.05) is 6.07 Å². The highest BCUT2D eigenvalue weighted by molar-refractivity contribution is 6.42. The van der Waals surface area contributed by atoms with Gasteiger partial charge >= 0.3 is 0 Å². The van der Waals surface area contributed by atoms with Crippen LogP contribution >= 0.6 is 23.2 Å². The Kier molecular flexibility index (Phi) is 9.23. The van der Waals surface area contributed by atoms with Gasteiger partial charge in [-0.05, 0) is 73.7 Å². The fourth-order valence-corrected chi connectivity index (χ4v) is 4.42. The normalized spacial score (nSPS) is 16.3. The summed E-state index contributed by atoms with van der Waals surface area (Å²) in [5, 5.41) is 4.07. The Morgan fingerprint density at radius 1 is 1.12 bits per heavy atom. The maximum atomic E-state index is 12.4. The van der Waals surface area contributed by atoms with E-state index in [4.69, 9.17) is 32.7 Å². The number of ether oxygens (including phenoxy) is 2. The highest BCUT2D eigenvalue weighted by Gasteiger charge is 2.25. The number of halogens is 2. The molecular weight excluding hydrogens is 447 g/mol. The summed E-state index contributed by atoms with van der Waals surface area (Å²) in [6.45, 7) is 7.94. The molecule has 0 spiro atoms. The summed E-state index contributed by atoms with van der Waals surface area (Å²) < 4.78 is 10.9. The van der Waals surface area contributed by atoms with Crippen molar-refractivity contribution in [3.63, 3.8) is 0 Å². The lowest BCUT2D eigenvalue weighted by atomic mass is 10.0. The lowest BCUT2D eigenvalue weighted by Crippen LogP contribution is -2.40. The van der Waals surface area contributed by atoms with Crippen LogP contribution in [-0.4, -0.2) is 50.3 Å². The van der Waals surface area contributed by atoms with Gasteiger partial charge in [0.25, 0.3) is 0 Å². The maximum Gasteiger partial charge on any atom is 0.224 e. The zero-order chi connectivity index (χ0) is 23.1. The number of carbonyl (C=O) groups is 1. The minimum Gasteiger partial charge on any atom is -0.491 e. The number of nitrogens with one attached hydrogen (secondary N) is 1. The van der Waals surface area contributed by atoms with Crippen LogP contribution in [-0.2, 0) is 22.5 Å². The summed E-state index contributed by atoms with van der Waals surface area (Å²) >= 11 is 12.0. The van der Waals surface area contributed by atoms with Gasteiger partial charge in [0.15, 0.2) is 0 Å². The van der Waals surface area contributed by atoms with Crippen molar-refractivity contribution in [2.24, 2.45) is 0 Å². The van der Waals surface area contributed by atoms with Crippen molar-refractivity contribution in [1.29, 1.82) is 0 Å². The van der Waals surface area contributed by atoms with Crippen molar-refractivity contribution >= 4 is 29.1 Å². The predicted octanol–water partition coefficient (Wildman–Crippen LogP) is 4.96. The van der Waals surface area contributed by atoms with Crippen molar-refractivity contribution in [1.82, 2.24) is 10.2 Å². The van der Waals surface area contributed by atoms with E-state index in [2.05, 4.69) is 36.2 Å². The molecule has 3 rings (SSSR count). The first-order chi connectivity index (χ1) is 15.4. The molecule has 174 valence electrons. The number of amides is 1. The van der Waals surface area contributed by atoms with Gasteiger partial charge in [0.05, 0.1) is 23.1 Å². The van der Waals surface area contributed by atoms with Gasteiger partial charge in [-0.2, -0.15) is 0 Å². The average molecular weight is 479 g/mol. The Labute approximate surface area is 201 Å². The molecule has 0 aliphatic carbocycles. The number of methoxy groups -OCH3 is 1. The van der Waals surface area contributed by atoms with E-state index < -0.39 is 0 Å². The van der Waals surface area contributed by atoms with Gasteiger partial charge in [-0.1, -0.05) is 35.3 Å². The summed E-state index contributed by atoms with van der Waals surface area (Å²) in [5.41, 5.74) is 4.59. The van der Waals surface area contributed by atoms with E-state index >= 15 is 0 Å². The van der Waals surface area contributed by atoms with Crippen LogP contribution in [0.2, 0.25) is 10.0 Å². The van der Waals surface area contributed by atoms with Gasteiger partial charge in [0.2, 0.25) is 5.91 Å². The van der Waals surface area contributed by atoms with Crippen LogP contribution in [0.4, 0.5) is 0 Å². The largest absolute Gasteiger partial charge is 0.491 e. The molecule has 0 bridgehead atoms. The van der Waals surface area contributed by atoms with Crippen molar-refractivity contribution in [2.75, 3.05) is 33.4 Å². The van der Waals surface area contributed by atoms with E-state index in [0.717, 1.165) is 37.2 Å². The zero-order valence-electron chi connectivity index (χ0n) is 19.0. The summed E-state index contributed by atoms with van der Waals surface area (Å²) in [6.07, 6.45) is 2.53. The molecule has 1 N–H and O–H groups in total. The van der Waals surface area contributed by atoms with Crippen molar-refractivity contribution in [2.45, 2.75) is 45.7 Å². The minimum absolute atomic E-state index is 0.000162. The van der Waals surface area contributed by atoms with Gasteiger partial charge in [0.1, 0.15) is 12.4 Å². The minimum atomic E-state index is -0.000162. The third-order valence-corrected chi connectivity index (χ3v) is 6.89. The molecule has 1 amide bonds. The Hall–Kier alpha value is -1.79. The Morgan fingerprint density at radius 3 is 2.69 bits per heavy atom. The number of hydrogen-bond acceptors (Lipinski definition) is 4. The van der Waals surface area contributed by atoms with Crippen LogP contribution < -0.4 is 10.1 Å². The number of benzene rings is 2. The summed E-state index contributed by atoms with van der Waals surface area (Å²) in [6, 6.07) is 9.86. The van der Waals surface area contributed by atoms with Crippen LogP contribution in [0.25, 0.3) is 0 Å². The first kappa shape index (κ1) is 24.8. The van der Waals surface area contributed by atoms with Crippen LogP contribution in [0.15, 0.2) is 30.3 Å². The molecule has 5 nitrogen and oxygen atoms in total. The van der Waals surface area contributed by atoms with Crippen LogP contribution in [0.5, 0.6) is 5.75 Å². The molecule has 2 aromatic carbocycles. The predicted molar refractivity (Wildman–Crippen MR) is 130 cm³/mol. The molecule has 1 aliphatic rings. The first-order valence-corrected chi connectivity index (χ1v) is 11.8. The molecule has 1 aliphatic heterocycles. The Bertz CT molecular complexity index is 936. The van der Waals surface area contributed by atoms with Gasteiger partial charge in [0, 0.05) is 26.2 Å². The lowest BCUT2D eigenvalue weighted by Gasteiger charge is -2.26. The second-order valence-corrected chi connectivity index (χ2v) is 9.12. The third-order valence-electron chi connectivity index (χ3n) is 6.15. The van der Waals surface area contributed by atoms with Crippen LogP contribution in [0.1, 0.15) is 35.1 Å². The molecule has 1 atom stereocenters. The average Bonchev–Trinajstić information content (AvgIpc) is 3.21. The summed E-state index contributed by atoms with van der Waals surface area (Å²) in [4.78, 5) is 14.9. The standard InChI is InChI=1S/C25H32Cl2N2O3/c1-17-18(2)24(32-12-11-31-3)9-7-20(17)16-29-10-4-5-21(29)15-28-25(30)14-19-6-8-22(26)23(27)13-19/h6-9,13,21H,4-5,10-12,14-16H2,1-3H3,(H,28,30)/t21-/m0/s1. The van der Waals surface area contributed by atoms with Crippen molar-refractivity contribution in [3.05, 3.63) is 62.6 Å². The van der Waals surface area contributed by atoms with Gasteiger partial charge < -0.3 is 14.8 Å². The van der Waals surface area contributed by atoms with E-state index in [9.17, 15) is 4.79 Å². The fraction of sp³-hybridized carbons (Fsp3) is 0.480. The molecule has 0 saturated carbocycles. The smallest absolute Gasteiger partial charge is 0.224 e. The number of likely N-dealkylation sites (tertiary alicyclic amines) is 1. The Balaban J connectivity index is 1.54. The molecule has 1 fully saturated rings. The molecule has 0 radical (unpaired) electrons. The summed E-state index contributed by atoms with van der Waals surface area (Å²) in [7, 11) is 1.67. The molecule has 7 heteroatoms. The molecule has 0 unspecified atom stereocenters. The van der Waals surface area contributed by atoms with Gasteiger partial charge in [-0.3, -0.25) is 9.69 Å². The van der Waals surface area contributed by atoms with Crippen LogP contribution in [0.3, 0.4) is 0 Å². The monoisotopic (exact) mass is 478 g/mol. The molecular formula is C25H32Cl2N2O3. The number of carbonyl (C=O) groups excluding carboxylic acids is 1. The highest BCUT2D eigenvalue weighted by Crippen LogP contribution is 2.28. The van der Waals surface area contributed by atoms with Crippen LogP contribution in [0, 0.1) is 13.8 Å². The number of hydrogen-bond donors (Lipinski definition) is 1. The number of rotatable bonds is 10. The molecule has 0 aromatic heterocycles. The second-order valence-electron chi connectivity index (χ2n) is 8.31. The molecule has 1 saturated heterocycles. The Morgan fingerprint density at radius 2 is 1.94 bits per heavy atom. The van der Waals surface area contributed by atoms with Crippen molar-refractivity contribution in [3.8, 4) is 5.75 Å². The number of nitrogens with zero attached hydrogens (tertiary/aromatic N) is 1. The quantitative estimate of drug-likeness (QED) is 0.490. The SMILES string of the molecule is COCCOc1ccc(CN2CCC[C@H]2CNC(=O)Cc2ccc(Cl)c(Cl)c2)c(C)c1C. The molecule has 2 aromatic rings. The van der Waals surface area contributed by atoms with Gasteiger partial charge in [-0.15, -0.1) is 0 Å². The summed E-state index contributed by atoms with van der Waals surface area (Å²) in [5.74, 6) is 0.913. The van der Waals surface area contributed by atoms with Crippen molar-refractivity contribution < 1.29 is 14.3 Å². The van der Waals surface area contributed by atoms with E-state index in [1.54, 1.807) is 19.2 Å². The van der Waals surface area contributed by atoms with E-state index in [1.165, 1.54) is 16.7 Å². The topological polar surface area (TPSA) is 50.8 Å². The lowest BCUT2D eigenvalue weighted by molar-refractivity contribution is -0.120. The second kappa shape index (κ2) is 11.9. The zero-order valence-corrected chi connectivity index (χ0v) is 20.6. The maximum absolute atomic E-state index is 12.4. The first-order valence-electron chi connectivity index (χ1n) is 11.0. The van der Waals surface area contributed by atoms with E-state index in [0.29, 0.717) is 42.3 Å². The highest BCUT2D eigenvalue weighted by atomic mass is 35.5. The fourth-order valence-electron chi connectivity index (χ4n) is 4.10. The molecule has 32 heavy (non-hydrogen) atoms.